The van der Waals surface area contributed by atoms with Crippen molar-refractivity contribution in [3.05, 3.63) is 12.4 Å². The van der Waals surface area contributed by atoms with Gasteiger partial charge in [0.15, 0.2) is 5.82 Å². The number of hydrogen-bond donors (Lipinski definition) is 1. The highest BCUT2D eigenvalue weighted by Gasteiger charge is 2.36. The number of hydrogen-bond acceptors (Lipinski definition) is 5. The van der Waals surface area contributed by atoms with Crippen LogP contribution in [0.1, 0.15) is 46.0 Å². The second kappa shape index (κ2) is 6.60. The third-order valence-electron chi connectivity index (χ3n) is 4.58. The van der Waals surface area contributed by atoms with Crippen LogP contribution in [0.4, 0.5) is 5.82 Å². The summed E-state index contributed by atoms with van der Waals surface area (Å²) in [5, 5.41) is 3.70. The summed E-state index contributed by atoms with van der Waals surface area (Å²) < 4.78 is 5.62. The Morgan fingerprint density at radius 1 is 1.24 bits per heavy atom. The van der Waals surface area contributed by atoms with E-state index in [1.807, 2.05) is 6.20 Å². The zero-order valence-corrected chi connectivity index (χ0v) is 13.1. The Bertz CT molecular complexity index is 455. The van der Waals surface area contributed by atoms with E-state index in [9.17, 15) is 0 Å². The van der Waals surface area contributed by atoms with Crippen molar-refractivity contribution in [2.75, 3.05) is 18.1 Å². The molecule has 5 nitrogen and oxygen atoms in total. The first-order chi connectivity index (χ1) is 10.3. The van der Waals surface area contributed by atoms with Gasteiger partial charge in [-0.05, 0) is 39.0 Å². The average Bonchev–Trinajstić information content (AvgIpc) is 2.85. The molecule has 2 aliphatic heterocycles. The topological polar surface area (TPSA) is 50.3 Å². The molecule has 21 heavy (non-hydrogen) atoms. The molecule has 1 N–H and O–H groups in total. The molecule has 0 radical (unpaired) electrons. The highest BCUT2D eigenvalue weighted by atomic mass is 16.5. The summed E-state index contributed by atoms with van der Waals surface area (Å²) in [7, 11) is 0. The fourth-order valence-corrected chi connectivity index (χ4v) is 3.64. The van der Waals surface area contributed by atoms with E-state index >= 15 is 0 Å². The smallest absolute Gasteiger partial charge is 0.234 e. The SMILES string of the molecule is CCCOc1cncc(N(CC)C2CC3CCC(C2)N3)n1. The van der Waals surface area contributed by atoms with E-state index in [1.54, 1.807) is 6.20 Å². The molecule has 0 saturated carbocycles. The maximum Gasteiger partial charge on any atom is 0.234 e. The predicted molar refractivity (Wildman–Crippen MR) is 83.8 cm³/mol. The minimum Gasteiger partial charge on any atom is -0.477 e. The molecule has 1 aromatic rings. The van der Waals surface area contributed by atoms with Gasteiger partial charge in [0, 0.05) is 24.7 Å². The third-order valence-corrected chi connectivity index (χ3v) is 4.58. The van der Waals surface area contributed by atoms with Crippen LogP contribution in [-0.2, 0) is 0 Å². The van der Waals surface area contributed by atoms with Gasteiger partial charge in [0.05, 0.1) is 19.0 Å². The number of fused-ring (bicyclic) bond motifs is 2. The van der Waals surface area contributed by atoms with Crippen LogP contribution in [-0.4, -0.2) is 41.2 Å². The van der Waals surface area contributed by atoms with Gasteiger partial charge in [-0.2, -0.15) is 4.98 Å². The Morgan fingerprint density at radius 3 is 2.67 bits per heavy atom. The number of nitrogens with one attached hydrogen (secondary N) is 1. The van der Waals surface area contributed by atoms with Crippen molar-refractivity contribution in [2.24, 2.45) is 0 Å². The highest BCUT2D eigenvalue weighted by Crippen LogP contribution is 2.31. The van der Waals surface area contributed by atoms with Crippen LogP contribution >= 0.6 is 0 Å². The molecule has 2 atom stereocenters. The summed E-state index contributed by atoms with van der Waals surface area (Å²) in [5.74, 6) is 1.60. The summed E-state index contributed by atoms with van der Waals surface area (Å²) in [6.45, 7) is 5.96. The molecule has 0 aliphatic carbocycles. The van der Waals surface area contributed by atoms with Gasteiger partial charge in [-0.3, -0.25) is 4.98 Å². The molecule has 2 aliphatic rings. The van der Waals surface area contributed by atoms with Crippen molar-refractivity contribution in [2.45, 2.75) is 64.1 Å². The van der Waals surface area contributed by atoms with Crippen LogP contribution in [0.2, 0.25) is 0 Å². The lowest BCUT2D eigenvalue weighted by atomic mass is 9.98. The molecule has 0 amide bonds. The molecule has 2 saturated heterocycles. The lowest BCUT2D eigenvalue weighted by molar-refractivity contribution is 0.302. The minimum atomic E-state index is 0.574. The standard InChI is InChI=1S/C16H26N4O/c1-3-7-21-16-11-17-10-15(19-16)20(4-2)14-8-12-5-6-13(9-14)18-12/h10-14,18H,3-9H2,1-2H3. The zero-order chi connectivity index (χ0) is 14.7. The van der Waals surface area contributed by atoms with Crippen molar-refractivity contribution in [1.29, 1.82) is 0 Å². The van der Waals surface area contributed by atoms with Crippen molar-refractivity contribution >= 4 is 5.82 Å². The van der Waals surface area contributed by atoms with Gasteiger partial charge >= 0.3 is 0 Å². The van der Waals surface area contributed by atoms with Gasteiger partial charge in [0.2, 0.25) is 5.88 Å². The summed E-state index contributed by atoms with van der Waals surface area (Å²) in [4.78, 5) is 11.4. The predicted octanol–water partition coefficient (Wildman–Crippen LogP) is 2.37. The molecular formula is C16H26N4O. The molecule has 2 bridgehead atoms. The Labute approximate surface area is 127 Å². The first-order valence-electron chi connectivity index (χ1n) is 8.27. The van der Waals surface area contributed by atoms with Gasteiger partial charge in [-0.25, -0.2) is 0 Å². The van der Waals surface area contributed by atoms with Crippen LogP contribution in [0.15, 0.2) is 12.4 Å². The van der Waals surface area contributed by atoms with Gasteiger partial charge in [-0.1, -0.05) is 6.92 Å². The van der Waals surface area contributed by atoms with E-state index in [2.05, 4.69) is 34.0 Å². The fraction of sp³-hybridized carbons (Fsp3) is 0.750. The molecule has 1 aromatic heterocycles. The second-order valence-corrected chi connectivity index (χ2v) is 6.11. The van der Waals surface area contributed by atoms with Gasteiger partial charge < -0.3 is 15.0 Å². The average molecular weight is 290 g/mol. The van der Waals surface area contributed by atoms with Crippen molar-refractivity contribution in [3.63, 3.8) is 0 Å². The van der Waals surface area contributed by atoms with Gasteiger partial charge in [0.1, 0.15) is 0 Å². The Hall–Kier alpha value is -1.36. The van der Waals surface area contributed by atoms with Crippen LogP contribution in [0.25, 0.3) is 0 Å². The van der Waals surface area contributed by atoms with Crippen LogP contribution in [0.5, 0.6) is 5.88 Å². The first-order valence-corrected chi connectivity index (χ1v) is 8.27. The van der Waals surface area contributed by atoms with Crippen LogP contribution in [0, 0.1) is 0 Å². The molecule has 2 fully saturated rings. The number of piperidine rings is 1. The van der Waals surface area contributed by atoms with Crippen molar-refractivity contribution in [3.8, 4) is 5.88 Å². The molecule has 0 aromatic carbocycles. The van der Waals surface area contributed by atoms with E-state index in [1.165, 1.54) is 25.7 Å². The Morgan fingerprint density at radius 2 is 2.00 bits per heavy atom. The van der Waals surface area contributed by atoms with E-state index < -0.39 is 0 Å². The zero-order valence-electron chi connectivity index (χ0n) is 13.1. The largest absolute Gasteiger partial charge is 0.477 e. The number of rotatable bonds is 6. The van der Waals surface area contributed by atoms with Crippen LogP contribution in [0.3, 0.4) is 0 Å². The number of aromatic nitrogens is 2. The molecule has 2 unspecified atom stereocenters. The third kappa shape index (κ3) is 3.28. The maximum absolute atomic E-state index is 5.62. The van der Waals surface area contributed by atoms with Gasteiger partial charge in [0.25, 0.3) is 0 Å². The molecule has 5 heteroatoms. The van der Waals surface area contributed by atoms with E-state index in [-0.39, 0.29) is 0 Å². The Kier molecular flexibility index (Phi) is 4.58. The molecule has 0 spiro atoms. The molecular weight excluding hydrogens is 264 g/mol. The van der Waals surface area contributed by atoms with Crippen molar-refractivity contribution < 1.29 is 4.74 Å². The van der Waals surface area contributed by atoms with Crippen LogP contribution < -0.4 is 15.0 Å². The quantitative estimate of drug-likeness (QED) is 0.871. The monoisotopic (exact) mass is 290 g/mol. The summed E-state index contributed by atoms with van der Waals surface area (Å²) in [6, 6.07) is 1.95. The fourth-order valence-electron chi connectivity index (χ4n) is 3.64. The first kappa shape index (κ1) is 14.6. The minimum absolute atomic E-state index is 0.574. The lowest BCUT2D eigenvalue weighted by Crippen LogP contribution is -2.48. The van der Waals surface area contributed by atoms with E-state index in [0.29, 0.717) is 30.6 Å². The normalized spacial score (nSPS) is 27.6. The molecule has 3 heterocycles. The van der Waals surface area contributed by atoms with Crippen molar-refractivity contribution in [1.82, 2.24) is 15.3 Å². The summed E-state index contributed by atoms with van der Waals surface area (Å²) >= 11 is 0. The number of ether oxygens (including phenoxy) is 1. The number of nitrogens with zero attached hydrogens (tertiary/aromatic N) is 3. The number of anilines is 1. The maximum atomic E-state index is 5.62. The Balaban J connectivity index is 1.73. The molecule has 116 valence electrons. The molecule has 3 rings (SSSR count). The van der Waals surface area contributed by atoms with E-state index in [4.69, 9.17) is 4.74 Å². The highest BCUT2D eigenvalue weighted by molar-refractivity contribution is 5.39. The summed E-state index contributed by atoms with van der Waals surface area (Å²) in [6.07, 6.45) is 9.64. The second-order valence-electron chi connectivity index (χ2n) is 6.11. The summed E-state index contributed by atoms with van der Waals surface area (Å²) in [5.41, 5.74) is 0. The van der Waals surface area contributed by atoms with E-state index in [0.717, 1.165) is 18.8 Å². The van der Waals surface area contributed by atoms with Gasteiger partial charge in [-0.15, -0.1) is 0 Å². The lowest BCUT2D eigenvalue weighted by Gasteiger charge is -2.37.